The number of nitrogens with two attached hydrogens (primary N) is 1. The monoisotopic (exact) mass is 412 g/mol. The van der Waals surface area contributed by atoms with Gasteiger partial charge in [-0.05, 0) is 25.5 Å². The maximum Gasteiger partial charge on any atom is 0.247 e. The number of sulfonamides is 1. The Hall–Kier alpha value is -0.560. The van der Waals surface area contributed by atoms with Crippen LogP contribution < -0.4 is 10.5 Å². The van der Waals surface area contributed by atoms with Crippen molar-refractivity contribution >= 4 is 31.2 Å². The molecule has 0 fully saturated rings. The number of rotatable bonds is 9. The van der Waals surface area contributed by atoms with Gasteiger partial charge >= 0.3 is 0 Å². The fraction of sp³-hybridized carbons (Fsp3) is 0.714. The predicted octanol–water partition coefficient (Wildman–Crippen LogP) is 0.645. The van der Waals surface area contributed by atoms with Crippen LogP contribution in [0.5, 0.6) is 0 Å². The van der Waals surface area contributed by atoms with Crippen LogP contribution >= 0.6 is 11.3 Å². The SMILES string of the molecule is CCNC1CC(CCOCCOC)S(=O)(=O)c2sc(S(N)(=O)=O)cc21. The van der Waals surface area contributed by atoms with Gasteiger partial charge in [-0.25, -0.2) is 22.0 Å². The van der Waals surface area contributed by atoms with Crippen molar-refractivity contribution in [1.29, 1.82) is 0 Å². The molecule has 25 heavy (non-hydrogen) atoms. The summed E-state index contributed by atoms with van der Waals surface area (Å²) in [5, 5.41) is 7.78. The summed E-state index contributed by atoms with van der Waals surface area (Å²) in [6.45, 7) is 3.71. The van der Waals surface area contributed by atoms with Crippen molar-refractivity contribution in [2.45, 2.75) is 39.5 Å². The average Bonchev–Trinajstić information content (AvgIpc) is 2.98. The molecule has 0 saturated carbocycles. The Bertz CT molecular complexity index is 787. The number of sulfone groups is 1. The van der Waals surface area contributed by atoms with E-state index in [0.717, 1.165) is 11.3 Å². The number of hydrogen-bond acceptors (Lipinski definition) is 8. The molecule has 0 amide bonds. The lowest BCUT2D eigenvalue weighted by Gasteiger charge is -2.29. The zero-order valence-electron chi connectivity index (χ0n) is 14.2. The molecular formula is C14H24N2O6S3. The molecule has 3 N–H and O–H groups in total. The molecule has 0 saturated heterocycles. The van der Waals surface area contributed by atoms with Gasteiger partial charge in [0.1, 0.15) is 8.42 Å². The van der Waals surface area contributed by atoms with Crippen molar-refractivity contribution < 1.29 is 26.3 Å². The Morgan fingerprint density at radius 1 is 1.36 bits per heavy atom. The predicted molar refractivity (Wildman–Crippen MR) is 95.0 cm³/mol. The van der Waals surface area contributed by atoms with Crippen molar-refractivity contribution in [2.24, 2.45) is 5.14 Å². The lowest BCUT2D eigenvalue weighted by Crippen LogP contribution is -2.35. The smallest absolute Gasteiger partial charge is 0.247 e. The van der Waals surface area contributed by atoms with Gasteiger partial charge < -0.3 is 14.8 Å². The lowest BCUT2D eigenvalue weighted by molar-refractivity contribution is 0.0685. The van der Waals surface area contributed by atoms with Crippen LogP contribution in [0.25, 0.3) is 0 Å². The van der Waals surface area contributed by atoms with Crippen LogP contribution in [0.3, 0.4) is 0 Å². The number of ether oxygens (including phenoxy) is 2. The quantitative estimate of drug-likeness (QED) is 0.570. The first-order chi connectivity index (χ1) is 11.7. The van der Waals surface area contributed by atoms with E-state index in [0.29, 0.717) is 44.8 Å². The number of fused-ring (bicyclic) bond motifs is 1. The van der Waals surface area contributed by atoms with Crippen molar-refractivity contribution in [3.8, 4) is 0 Å². The molecule has 2 atom stereocenters. The van der Waals surface area contributed by atoms with E-state index < -0.39 is 25.1 Å². The Morgan fingerprint density at radius 3 is 2.68 bits per heavy atom. The maximum atomic E-state index is 12.9. The maximum absolute atomic E-state index is 12.9. The standard InChI is InChI=1S/C14H24N2O6S3/c1-3-16-12-8-10(4-5-22-7-6-21-2)24(17,18)14-11(12)9-13(23-14)25(15,19)20/h9-10,12,16H,3-8H2,1-2H3,(H2,15,19,20). The second-order valence-corrected chi connectivity index (χ2v) is 11.0. The van der Waals surface area contributed by atoms with Gasteiger partial charge in [-0.1, -0.05) is 6.92 Å². The van der Waals surface area contributed by atoms with E-state index >= 15 is 0 Å². The molecule has 0 bridgehead atoms. The highest BCUT2D eigenvalue weighted by Gasteiger charge is 2.41. The third-order valence-corrected chi connectivity index (χ3v) is 9.39. The van der Waals surface area contributed by atoms with Gasteiger partial charge in [0.2, 0.25) is 10.0 Å². The van der Waals surface area contributed by atoms with Crippen LogP contribution in [0.15, 0.2) is 14.5 Å². The molecule has 1 aromatic heterocycles. The minimum atomic E-state index is -3.94. The van der Waals surface area contributed by atoms with Crippen LogP contribution in [0, 0.1) is 0 Å². The first kappa shape index (κ1) is 20.7. The Balaban J connectivity index is 2.27. The summed E-state index contributed by atoms with van der Waals surface area (Å²) in [7, 11) is -5.99. The first-order valence-electron chi connectivity index (χ1n) is 7.92. The summed E-state index contributed by atoms with van der Waals surface area (Å²) in [6.07, 6.45) is 0.716. The largest absolute Gasteiger partial charge is 0.382 e. The summed E-state index contributed by atoms with van der Waals surface area (Å²) in [4.78, 5) is 0. The summed E-state index contributed by atoms with van der Waals surface area (Å²) < 4.78 is 59.2. The zero-order chi connectivity index (χ0) is 18.7. The molecule has 1 aliphatic heterocycles. The fourth-order valence-corrected chi connectivity index (χ4v) is 7.49. The first-order valence-corrected chi connectivity index (χ1v) is 11.8. The van der Waals surface area contributed by atoms with Gasteiger partial charge in [-0.3, -0.25) is 0 Å². The van der Waals surface area contributed by atoms with E-state index in [9.17, 15) is 16.8 Å². The number of nitrogens with one attached hydrogen (secondary N) is 1. The van der Waals surface area contributed by atoms with E-state index in [2.05, 4.69) is 5.32 Å². The van der Waals surface area contributed by atoms with E-state index in [4.69, 9.17) is 14.6 Å². The molecule has 1 aromatic rings. The van der Waals surface area contributed by atoms with Crippen LogP contribution in [-0.4, -0.2) is 55.6 Å². The van der Waals surface area contributed by atoms with Crippen LogP contribution in [-0.2, 0) is 29.3 Å². The molecule has 0 radical (unpaired) electrons. The highest BCUT2D eigenvalue weighted by Crippen LogP contribution is 2.43. The zero-order valence-corrected chi connectivity index (χ0v) is 16.7. The number of methoxy groups -OCH3 is 1. The average molecular weight is 413 g/mol. The normalized spacial score (nSPS) is 22.7. The van der Waals surface area contributed by atoms with Crippen molar-refractivity contribution in [3.63, 3.8) is 0 Å². The minimum absolute atomic E-state index is 0.0932. The number of thiophene rings is 1. The highest BCUT2D eigenvalue weighted by molar-refractivity contribution is 7.95. The second kappa shape index (κ2) is 8.42. The Labute approximate surface area is 152 Å². The molecule has 2 unspecified atom stereocenters. The van der Waals surface area contributed by atoms with Crippen LogP contribution in [0.2, 0.25) is 0 Å². The topological polar surface area (TPSA) is 125 Å². The van der Waals surface area contributed by atoms with Crippen LogP contribution in [0.4, 0.5) is 0 Å². The minimum Gasteiger partial charge on any atom is -0.382 e. The number of primary sulfonamides is 1. The van der Waals surface area contributed by atoms with Gasteiger partial charge in [0.25, 0.3) is 0 Å². The van der Waals surface area contributed by atoms with Crippen LogP contribution in [0.1, 0.15) is 31.4 Å². The molecule has 2 rings (SSSR count). The summed E-state index contributed by atoms with van der Waals surface area (Å²) in [6, 6.07) is 1.16. The van der Waals surface area contributed by atoms with E-state index in [1.54, 1.807) is 7.11 Å². The van der Waals surface area contributed by atoms with Crippen molar-refractivity contribution in [1.82, 2.24) is 5.32 Å². The van der Waals surface area contributed by atoms with Gasteiger partial charge in [0.05, 0.1) is 18.5 Å². The number of hydrogen-bond donors (Lipinski definition) is 2. The van der Waals surface area contributed by atoms with E-state index in [1.165, 1.54) is 6.07 Å². The molecule has 11 heteroatoms. The fourth-order valence-electron chi connectivity index (χ4n) is 2.81. The Morgan fingerprint density at radius 2 is 2.08 bits per heavy atom. The van der Waals surface area contributed by atoms with Gasteiger partial charge in [-0.15, -0.1) is 11.3 Å². The second-order valence-electron chi connectivity index (χ2n) is 5.76. The molecule has 0 aromatic carbocycles. The summed E-state index contributed by atoms with van der Waals surface area (Å²) >= 11 is 0.728. The van der Waals surface area contributed by atoms with E-state index in [-0.39, 0.29) is 14.5 Å². The lowest BCUT2D eigenvalue weighted by atomic mass is 10.0. The molecule has 2 heterocycles. The molecule has 0 spiro atoms. The van der Waals surface area contributed by atoms with Crippen molar-refractivity contribution in [2.75, 3.05) is 33.5 Å². The van der Waals surface area contributed by atoms with E-state index in [1.807, 2.05) is 6.92 Å². The molecular weight excluding hydrogens is 388 g/mol. The summed E-state index contributed by atoms with van der Waals surface area (Å²) in [5.74, 6) is 0. The van der Waals surface area contributed by atoms with Crippen molar-refractivity contribution in [3.05, 3.63) is 11.6 Å². The molecule has 8 nitrogen and oxygen atoms in total. The molecule has 0 aliphatic carbocycles. The van der Waals surface area contributed by atoms with Gasteiger partial charge in [0, 0.05) is 25.3 Å². The molecule has 1 aliphatic rings. The summed E-state index contributed by atoms with van der Waals surface area (Å²) in [5.41, 5.74) is 0.493. The van der Waals surface area contributed by atoms with Gasteiger partial charge in [0.15, 0.2) is 9.84 Å². The highest BCUT2D eigenvalue weighted by atomic mass is 32.3. The van der Waals surface area contributed by atoms with Gasteiger partial charge in [-0.2, -0.15) is 0 Å². The molecule has 144 valence electrons. The third-order valence-electron chi connectivity index (χ3n) is 4.02. The third kappa shape index (κ3) is 4.79. The Kier molecular flexibility index (Phi) is 6.99.